The van der Waals surface area contributed by atoms with Crippen LogP contribution in [0.25, 0.3) is 0 Å². The zero-order valence-electron chi connectivity index (χ0n) is 18.1. The molecule has 1 aromatic carbocycles. The molecule has 0 radical (unpaired) electrons. The van der Waals surface area contributed by atoms with E-state index in [0.29, 0.717) is 11.1 Å². The van der Waals surface area contributed by atoms with Gasteiger partial charge in [-0.3, -0.25) is 4.99 Å². The first-order valence-electron chi connectivity index (χ1n) is 10.8. The van der Waals surface area contributed by atoms with E-state index in [4.69, 9.17) is 27.9 Å². The Bertz CT molecular complexity index is 690. The molecule has 0 atom stereocenters. The van der Waals surface area contributed by atoms with Gasteiger partial charge < -0.3 is 20.3 Å². The first-order valence-corrected chi connectivity index (χ1v) is 11.5. The number of hydrogen-bond donors (Lipinski definition) is 2. The van der Waals surface area contributed by atoms with Crippen LogP contribution in [0, 0.1) is 0 Å². The van der Waals surface area contributed by atoms with Crippen molar-refractivity contribution in [3.8, 4) is 0 Å². The SMILES string of the molecule is CCCN1CCC(NC(=NC)NCC2(c3ccc(Cl)cc3Cl)CCOCC2)CC1.I. The summed E-state index contributed by atoms with van der Waals surface area (Å²) in [5, 5.41) is 8.61. The lowest BCUT2D eigenvalue weighted by atomic mass is 9.74. The Morgan fingerprint density at radius 1 is 1.23 bits per heavy atom. The molecule has 0 bridgehead atoms. The van der Waals surface area contributed by atoms with E-state index in [9.17, 15) is 0 Å². The molecule has 2 aliphatic rings. The summed E-state index contributed by atoms with van der Waals surface area (Å²) < 4.78 is 5.65. The van der Waals surface area contributed by atoms with Crippen LogP contribution in [0.3, 0.4) is 0 Å². The maximum Gasteiger partial charge on any atom is 0.191 e. The number of nitrogens with one attached hydrogen (secondary N) is 2. The van der Waals surface area contributed by atoms with Crippen molar-refractivity contribution in [2.45, 2.75) is 50.5 Å². The molecule has 0 aliphatic carbocycles. The van der Waals surface area contributed by atoms with E-state index in [-0.39, 0.29) is 29.4 Å². The quantitative estimate of drug-likeness (QED) is 0.297. The first kappa shape index (κ1) is 26.0. The van der Waals surface area contributed by atoms with Crippen LogP contribution >= 0.6 is 47.2 Å². The van der Waals surface area contributed by atoms with Crippen molar-refractivity contribution in [1.29, 1.82) is 0 Å². The third-order valence-electron chi connectivity index (χ3n) is 6.24. The minimum atomic E-state index is -0.0813. The monoisotopic (exact) mass is 568 g/mol. The van der Waals surface area contributed by atoms with Crippen molar-refractivity contribution in [3.05, 3.63) is 33.8 Å². The topological polar surface area (TPSA) is 48.9 Å². The summed E-state index contributed by atoms with van der Waals surface area (Å²) in [6, 6.07) is 6.31. The van der Waals surface area contributed by atoms with Gasteiger partial charge in [-0.25, -0.2) is 0 Å². The molecule has 0 saturated carbocycles. The van der Waals surface area contributed by atoms with Crippen molar-refractivity contribution >= 4 is 53.1 Å². The zero-order valence-corrected chi connectivity index (χ0v) is 21.9. The molecular formula is C22H35Cl2IN4O. The number of aliphatic imine (C=N–C) groups is 1. The summed E-state index contributed by atoms with van der Waals surface area (Å²) in [4.78, 5) is 7.03. The first-order chi connectivity index (χ1) is 14.1. The average molecular weight is 569 g/mol. The van der Waals surface area contributed by atoms with E-state index in [0.717, 1.165) is 75.1 Å². The summed E-state index contributed by atoms with van der Waals surface area (Å²) in [7, 11) is 1.84. The molecule has 2 saturated heterocycles. The van der Waals surface area contributed by atoms with Gasteiger partial charge in [0.1, 0.15) is 0 Å². The maximum atomic E-state index is 6.59. The lowest BCUT2D eigenvalue weighted by Gasteiger charge is -2.39. The third kappa shape index (κ3) is 6.86. The van der Waals surface area contributed by atoms with Crippen LogP contribution in [-0.2, 0) is 10.2 Å². The highest BCUT2D eigenvalue weighted by Gasteiger charge is 2.36. The van der Waals surface area contributed by atoms with Crippen LogP contribution in [0.4, 0.5) is 0 Å². The van der Waals surface area contributed by atoms with Gasteiger partial charge in [0.25, 0.3) is 0 Å². The molecule has 0 aromatic heterocycles. The summed E-state index contributed by atoms with van der Waals surface area (Å²) in [5.41, 5.74) is 1.06. The Hall–Kier alpha value is -0.280. The normalized spacial score (nSPS) is 20.5. The number of piperidine rings is 1. The molecule has 30 heavy (non-hydrogen) atoms. The molecular weight excluding hydrogens is 534 g/mol. The van der Waals surface area contributed by atoms with Gasteiger partial charge in [-0.2, -0.15) is 0 Å². The Morgan fingerprint density at radius 3 is 2.53 bits per heavy atom. The van der Waals surface area contributed by atoms with Gasteiger partial charge in [-0.1, -0.05) is 36.2 Å². The molecule has 2 fully saturated rings. The molecule has 2 aliphatic heterocycles. The van der Waals surface area contributed by atoms with E-state index < -0.39 is 0 Å². The molecule has 0 spiro atoms. The lowest BCUT2D eigenvalue weighted by molar-refractivity contribution is 0.0514. The summed E-state index contributed by atoms with van der Waals surface area (Å²) in [6.07, 6.45) is 5.38. The predicted octanol–water partition coefficient (Wildman–Crippen LogP) is 4.70. The van der Waals surface area contributed by atoms with Crippen LogP contribution < -0.4 is 10.6 Å². The van der Waals surface area contributed by atoms with Crippen molar-refractivity contribution < 1.29 is 4.74 Å². The Morgan fingerprint density at radius 2 is 1.93 bits per heavy atom. The average Bonchev–Trinajstić information content (AvgIpc) is 2.73. The van der Waals surface area contributed by atoms with Gasteiger partial charge >= 0.3 is 0 Å². The number of nitrogens with zero attached hydrogens (tertiary/aromatic N) is 2. The van der Waals surface area contributed by atoms with Crippen LogP contribution in [-0.4, -0.2) is 63.3 Å². The van der Waals surface area contributed by atoms with Crippen LogP contribution in [0.15, 0.2) is 23.2 Å². The molecule has 2 heterocycles. The number of halogens is 3. The van der Waals surface area contributed by atoms with Crippen molar-refractivity contribution in [2.24, 2.45) is 4.99 Å². The van der Waals surface area contributed by atoms with Crippen molar-refractivity contribution in [3.63, 3.8) is 0 Å². The number of benzene rings is 1. The van der Waals surface area contributed by atoms with E-state index in [2.05, 4.69) is 33.5 Å². The largest absolute Gasteiger partial charge is 0.381 e. The summed E-state index contributed by atoms with van der Waals surface area (Å²) >= 11 is 12.7. The predicted molar refractivity (Wildman–Crippen MR) is 138 cm³/mol. The minimum absolute atomic E-state index is 0. The second-order valence-corrected chi connectivity index (χ2v) is 9.05. The molecule has 0 amide bonds. The van der Waals surface area contributed by atoms with Gasteiger partial charge in [0.2, 0.25) is 0 Å². The lowest BCUT2D eigenvalue weighted by Crippen LogP contribution is -2.52. The third-order valence-corrected chi connectivity index (χ3v) is 6.79. The Balaban J connectivity index is 0.00000320. The second-order valence-electron chi connectivity index (χ2n) is 8.20. The van der Waals surface area contributed by atoms with E-state index in [1.165, 1.54) is 13.0 Å². The van der Waals surface area contributed by atoms with Crippen molar-refractivity contribution in [1.82, 2.24) is 15.5 Å². The molecule has 3 rings (SSSR count). The number of guanidine groups is 1. The fourth-order valence-electron chi connectivity index (χ4n) is 4.48. The molecule has 5 nitrogen and oxygen atoms in total. The van der Waals surface area contributed by atoms with Gasteiger partial charge in [0.05, 0.1) is 0 Å². The smallest absolute Gasteiger partial charge is 0.191 e. The molecule has 8 heteroatoms. The fourth-order valence-corrected chi connectivity index (χ4v) is 5.09. The maximum absolute atomic E-state index is 6.59. The standard InChI is InChI=1S/C22H34Cl2N4O.HI/c1-3-10-28-11-6-18(7-12-28)27-21(25-2)26-16-22(8-13-29-14-9-22)19-5-4-17(23)15-20(19)24;/h4-5,15,18H,3,6-14,16H2,1-2H3,(H2,25,26,27);1H. The molecule has 0 unspecified atom stereocenters. The molecule has 1 aromatic rings. The van der Waals surface area contributed by atoms with Gasteiger partial charge in [-0.05, 0) is 56.3 Å². The van der Waals surface area contributed by atoms with E-state index >= 15 is 0 Å². The highest BCUT2D eigenvalue weighted by atomic mass is 127. The van der Waals surface area contributed by atoms with E-state index in [1.807, 2.05) is 19.2 Å². The number of rotatable bonds is 6. The van der Waals surface area contributed by atoms with Gasteiger partial charge in [-0.15, -0.1) is 24.0 Å². The number of ether oxygens (including phenoxy) is 1. The summed E-state index contributed by atoms with van der Waals surface area (Å²) in [5.74, 6) is 0.870. The van der Waals surface area contributed by atoms with Gasteiger partial charge in [0.15, 0.2) is 5.96 Å². The highest BCUT2D eigenvalue weighted by Crippen LogP contribution is 2.39. The fraction of sp³-hybridized carbons (Fsp3) is 0.682. The van der Waals surface area contributed by atoms with E-state index in [1.54, 1.807) is 0 Å². The Kier molecular flexibility index (Phi) is 11.0. The second kappa shape index (κ2) is 12.7. The highest BCUT2D eigenvalue weighted by molar-refractivity contribution is 14.0. The number of likely N-dealkylation sites (tertiary alicyclic amines) is 1. The van der Waals surface area contributed by atoms with Gasteiger partial charge in [0, 0.05) is 61.4 Å². The van der Waals surface area contributed by atoms with Crippen LogP contribution in [0.1, 0.15) is 44.6 Å². The van der Waals surface area contributed by atoms with Crippen LogP contribution in [0.5, 0.6) is 0 Å². The molecule has 2 N–H and O–H groups in total. The minimum Gasteiger partial charge on any atom is -0.381 e. The molecule has 170 valence electrons. The Labute approximate surface area is 208 Å². The van der Waals surface area contributed by atoms with Crippen molar-refractivity contribution in [2.75, 3.05) is 46.4 Å². The number of hydrogen-bond acceptors (Lipinski definition) is 3. The van der Waals surface area contributed by atoms with Crippen LogP contribution in [0.2, 0.25) is 10.0 Å². The summed E-state index contributed by atoms with van der Waals surface area (Å²) in [6.45, 7) is 8.01. The zero-order chi connectivity index (χ0) is 20.7.